The molecule has 0 fully saturated rings. The summed E-state index contributed by atoms with van der Waals surface area (Å²) in [6.07, 6.45) is 3.32. The first-order valence-electron chi connectivity index (χ1n) is 5.21. The Balaban J connectivity index is 2.55. The van der Waals surface area contributed by atoms with Gasteiger partial charge in [0.2, 0.25) is 0 Å². The van der Waals surface area contributed by atoms with Crippen molar-refractivity contribution in [3.63, 3.8) is 0 Å². The maximum Gasteiger partial charge on any atom is 0.252 e. The Morgan fingerprint density at radius 2 is 2.19 bits per heavy atom. The van der Waals surface area contributed by atoms with E-state index in [2.05, 4.69) is 4.98 Å². The van der Waals surface area contributed by atoms with Crippen molar-refractivity contribution in [1.82, 2.24) is 4.98 Å². The minimum atomic E-state index is -0.300. The zero-order chi connectivity index (χ0) is 12.2. The van der Waals surface area contributed by atoms with Crippen molar-refractivity contribution in [2.75, 3.05) is 18.6 Å². The summed E-state index contributed by atoms with van der Waals surface area (Å²) in [6.45, 7) is 5.84. The molecule has 0 spiro atoms. The summed E-state index contributed by atoms with van der Waals surface area (Å²) in [5.41, 5.74) is 0.468. The van der Waals surface area contributed by atoms with Crippen molar-refractivity contribution in [2.45, 2.75) is 26.4 Å². The van der Waals surface area contributed by atoms with Crippen LogP contribution >= 0.6 is 0 Å². The van der Waals surface area contributed by atoms with Crippen LogP contribution in [0.4, 0.5) is 5.69 Å². The molecule has 16 heavy (non-hydrogen) atoms. The topological polar surface area (TPSA) is 42.4 Å². The van der Waals surface area contributed by atoms with Crippen LogP contribution in [0.5, 0.6) is 0 Å². The predicted molar refractivity (Wildman–Crippen MR) is 63.4 cm³/mol. The molecule has 4 nitrogen and oxygen atoms in total. The van der Waals surface area contributed by atoms with Gasteiger partial charge in [0.15, 0.2) is 0 Å². The number of aromatic nitrogens is 1. The van der Waals surface area contributed by atoms with Gasteiger partial charge >= 0.3 is 0 Å². The average Bonchev–Trinajstić information content (AvgIpc) is 2.25. The van der Waals surface area contributed by atoms with E-state index in [1.807, 2.05) is 26.8 Å². The average molecular weight is 222 g/mol. The van der Waals surface area contributed by atoms with Gasteiger partial charge in [-0.3, -0.25) is 9.78 Å². The molecular formula is C12H18N2O2. The smallest absolute Gasteiger partial charge is 0.252 e. The van der Waals surface area contributed by atoms with Gasteiger partial charge in [-0.25, -0.2) is 0 Å². The Bertz CT molecular complexity index is 344. The molecule has 0 atom stereocenters. The van der Waals surface area contributed by atoms with Crippen molar-refractivity contribution >= 4 is 11.6 Å². The second kappa shape index (κ2) is 5.07. The van der Waals surface area contributed by atoms with E-state index in [0.29, 0.717) is 0 Å². The molecule has 1 heterocycles. The maximum atomic E-state index is 11.8. The highest BCUT2D eigenvalue weighted by Gasteiger charge is 2.16. The monoisotopic (exact) mass is 222 g/mol. The second-order valence-electron chi connectivity index (χ2n) is 4.57. The molecule has 0 radical (unpaired) electrons. The van der Waals surface area contributed by atoms with Crippen LogP contribution in [-0.2, 0) is 9.53 Å². The van der Waals surface area contributed by atoms with Gasteiger partial charge in [-0.05, 0) is 32.9 Å². The maximum absolute atomic E-state index is 11.8. The van der Waals surface area contributed by atoms with Crippen molar-refractivity contribution in [1.29, 1.82) is 0 Å². The first-order valence-corrected chi connectivity index (χ1v) is 5.21. The zero-order valence-corrected chi connectivity index (χ0v) is 10.2. The molecule has 1 aromatic heterocycles. The lowest BCUT2D eigenvalue weighted by atomic mass is 10.2. The highest BCUT2D eigenvalue weighted by atomic mass is 16.5. The number of rotatable bonds is 3. The van der Waals surface area contributed by atoms with Gasteiger partial charge in [0.1, 0.15) is 6.61 Å². The molecule has 0 unspecified atom stereocenters. The summed E-state index contributed by atoms with van der Waals surface area (Å²) in [5, 5.41) is 0. The molecule has 0 bridgehead atoms. The van der Waals surface area contributed by atoms with Crippen LogP contribution in [0.15, 0.2) is 24.5 Å². The number of nitrogens with zero attached hydrogens (tertiary/aromatic N) is 2. The SMILES string of the molecule is CN(C(=O)COC(C)(C)C)c1cccnc1. The van der Waals surface area contributed by atoms with Crippen LogP contribution in [0.1, 0.15) is 20.8 Å². The fraction of sp³-hybridized carbons (Fsp3) is 0.500. The molecule has 0 aliphatic heterocycles. The minimum absolute atomic E-state index is 0.0783. The van der Waals surface area contributed by atoms with Gasteiger partial charge in [0, 0.05) is 13.2 Å². The molecule has 0 aliphatic rings. The van der Waals surface area contributed by atoms with Crippen molar-refractivity contribution in [2.24, 2.45) is 0 Å². The van der Waals surface area contributed by atoms with Gasteiger partial charge < -0.3 is 9.64 Å². The normalized spacial score (nSPS) is 11.2. The number of pyridine rings is 1. The lowest BCUT2D eigenvalue weighted by molar-refractivity contribution is -0.127. The van der Waals surface area contributed by atoms with E-state index in [4.69, 9.17) is 4.74 Å². The Hall–Kier alpha value is -1.42. The van der Waals surface area contributed by atoms with E-state index in [1.54, 1.807) is 30.4 Å². The summed E-state index contributed by atoms with van der Waals surface area (Å²) in [7, 11) is 1.71. The van der Waals surface area contributed by atoms with E-state index < -0.39 is 0 Å². The van der Waals surface area contributed by atoms with Crippen LogP contribution in [0, 0.1) is 0 Å². The van der Waals surface area contributed by atoms with E-state index in [0.717, 1.165) is 5.69 Å². The first kappa shape index (κ1) is 12.6. The second-order valence-corrected chi connectivity index (χ2v) is 4.57. The first-order chi connectivity index (χ1) is 7.40. The quantitative estimate of drug-likeness (QED) is 0.784. The molecule has 0 aromatic carbocycles. The zero-order valence-electron chi connectivity index (χ0n) is 10.2. The molecule has 1 amide bonds. The Morgan fingerprint density at radius 3 is 2.69 bits per heavy atom. The van der Waals surface area contributed by atoms with Crippen LogP contribution in [0.3, 0.4) is 0 Å². The Labute approximate surface area is 96.2 Å². The minimum Gasteiger partial charge on any atom is -0.366 e. The standard InChI is InChI=1S/C12H18N2O2/c1-12(2,3)16-9-11(15)14(4)10-6-5-7-13-8-10/h5-8H,9H2,1-4H3. The van der Waals surface area contributed by atoms with Crippen molar-refractivity contribution < 1.29 is 9.53 Å². The number of anilines is 1. The number of hydrogen-bond acceptors (Lipinski definition) is 3. The lowest BCUT2D eigenvalue weighted by Gasteiger charge is -2.22. The van der Waals surface area contributed by atoms with Crippen molar-refractivity contribution in [3.8, 4) is 0 Å². The van der Waals surface area contributed by atoms with E-state index in [9.17, 15) is 4.79 Å². The van der Waals surface area contributed by atoms with Crippen LogP contribution in [0.2, 0.25) is 0 Å². The van der Waals surface area contributed by atoms with Gasteiger partial charge in [0.05, 0.1) is 17.5 Å². The van der Waals surface area contributed by atoms with Crippen LogP contribution in [-0.4, -0.2) is 30.1 Å². The number of likely N-dealkylation sites (N-methyl/N-ethyl adjacent to an activating group) is 1. The molecule has 88 valence electrons. The number of carbonyl (C=O) groups excluding carboxylic acids is 1. The van der Waals surface area contributed by atoms with Crippen LogP contribution in [0.25, 0.3) is 0 Å². The largest absolute Gasteiger partial charge is 0.366 e. The number of amides is 1. The highest BCUT2D eigenvalue weighted by Crippen LogP contribution is 2.11. The Kier molecular flexibility index (Phi) is 4.01. The van der Waals surface area contributed by atoms with E-state index >= 15 is 0 Å². The molecular weight excluding hydrogens is 204 g/mol. The summed E-state index contributed by atoms with van der Waals surface area (Å²) in [5.74, 6) is -0.0806. The molecule has 4 heteroatoms. The predicted octanol–water partition coefficient (Wildman–Crippen LogP) is 1.86. The van der Waals surface area contributed by atoms with Gasteiger partial charge in [-0.1, -0.05) is 0 Å². The number of carbonyl (C=O) groups is 1. The molecule has 1 aromatic rings. The third-order valence-electron chi connectivity index (χ3n) is 2.04. The summed E-state index contributed by atoms with van der Waals surface area (Å²) in [6, 6.07) is 3.63. The molecule has 1 rings (SSSR count). The van der Waals surface area contributed by atoms with Crippen LogP contribution < -0.4 is 4.90 Å². The van der Waals surface area contributed by atoms with E-state index in [1.165, 1.54) is 0 Å². The number of hydrogen-bond donors (Lipinski definition) is 0. The highest BCUT2D eigenvalue weighted by molar-refractivity contribution is 5.93. The fourth-order valence-electron chi connectivity index (χ4n) is 1.07. The summed E-state index contributed by atoms with van der Waals surface area (Å²) < 4.78 is 5.42. The number of ether oxygens (including phenoxy) is 1. The van der Waals surface area contributed by atoms with Gasteiger partial charge in [-0.2, -0.15) is 0 Å². The Morgan fingerprint density at radius 1 is 1.50 bits per heavy atom. The molecule has 0 N–H and O–H groups in total. The van der Waals surface area contributed by atoms with Gasteiger partial charge in [0.25, 0.3) is 5.91 Å². The third kappa shape index (κ3) is 3.98. The van der Waals surface area contributed by atoms with E-state index in [-0.39, 0.29) is 18.1 Å². The molecule has 0 saturated carbocycles. The van der Waals surface area contributed by atoms with Crippen molar-refractivity contribution in [3.05, 3.63) is 24.5 Å². The summed E-state index contributed by atoms with van der Waals surface area (Å²) >= 11 is 0. The third-order valence-corrected chi connectivity index (χ3v) is 2.04. The van der Waals surface area contributed by atoms with Gasteiger partial charge in [-0.15, -0.1) is 0 Å². The lowest BCUT2D eigenvalue weighted by Crippen LogP contribution is -2.33. The molecule has 0 saturated heterocycles. The summed E-state index contributed by atoms with van der Waals surface area (Å²) in [4.78, 5) is 17.3. The fourth-order valence-corrected chi connectivity index (χ4v) is 1.07. The molecule has 0 aliphatic carbocycles.